The van der Waals surface area contributed by atoms with Crippen LogP contribution in [0.4, 0.5) is 8.78 Å². The molecule has 2 aromatic rings. The number of carbonyl (C=O) groups excluding carboxylic acids is 2. The molecule has 1 saturated heterocycles. The zero-order valence-corrected chi connectivity index (χ0v) is 18.3. The Kier molecular flexibility index (Phi) is 7.92. The Labute approximate surface area is 186 Å². The van der Waals surface area contributed by atoms with Crippen LogP contribution in [-0.4, -0.2) is 67.9 Å². The van der Waals surface area contributed by atoms with E-state index in [1.165, 1.54) is 33.5 Å². The molecule has 32 heavy (non-hydrogen) atoms. The first-order valence-electron chi connectivity index (χ1n) is 10.3. The van der Waals surface area contributed by atoms with Crippen LogP contribution in [0.3, 0.4) is 0 Å². The third-order valence-corrected chi connectivity index (χ3v) is 7.15. The normalized spacial score (nSPS) is 14.9. The molecule has 1 fully saturated rings. The fraction of sp³-hybridized carbons (Fsp3) is 0.364. The average Bonchev–Trinajstić information content (AvgIpc) is 2.77. The number of piperazine rings is 1. The maximum atomic E-state index is 13.7. The maximum absolute atomic E-state index is 13.7. The van der Waals surface area contributed by atoms with Crippen molar-refractivity contribution in [3.05, 3.63) is 71.3 Å². The minimum atomic E-state index is -3.63. The van der Waals surface area contributed by atoms with Crippen molar-refractivity contribution in [2.24, 2.45) is 0 Å². The predicted octanol–water partition coefficient (Wildman–Crippen LogP) is 1.34. The van der Waals surface area contributed by atoms with E-state index in [4.69, 9.17) is 0 Å². The van der Waals surface area contributed by atoms with E-state index in [1.54, 1.807) is 24.3 Å². The number of sulfonamides is 1. The van der Waals surface area contributed by atoms with Gasteiger partial charge in [0.05, 0.1) is 18.6 Å². The molecule has 2 aromatic carbocycles. The van der Waals surface area contributed by atoms with Crippen molar-refractivity contribution in [3.63, 3.8) is 0 Å². The quantitative estimate of drug-likeness (QED) is 0.638. The van der Waals surface area contributed by atoms with E-state index in [0.29, 0.717) is 5.56 Å². The van der Waals surface area contributed by atoms with Gasteiger partial charge < -0.3 is 10.2 Å². The number of hydrogen-bond acceptors (Lipinski definition) is 4. The average molecular weight is 466 g/mol. The SMILES string of the molecule is O=C(Cc1ccccc1F)NCCS(=O)(=O)N1CCN(C(=O)Cc2ccccc2F)CC1. The number of rotatable bonds is 8. The number of amides is 2. The topological polar surface area (TPSA) is 86.8 Å². The minimum Gasteiger partial charge on any atom is -0.355 e. The molecular formula is C22H25F2N3O4S. The Morgan fingerprint density at radius 3 is 1.94 bits per heavy atom. The van der Waals surface area contributed by atoms with Crippen molar-refractivity contribution in [3.8, 4) is 0 Å². The molecule has 1 N–H and O–H groups in total. The molecule has 3 rings (SSSR count). The Balaban J connectivity index is 1.43. The lowest BCUT2D eigenvalue weighted by molar-refractivity contribution is -0.131. The largest absolute Gasteiger partial charge is 0.355 e. The van der Waals surface area contributed by atoms with Crippen molar-refractivity contribution < 1.29 is 26.8 Å². The lowest BCUT2D eigenvalue weighted by Crippen LogP contribution is -2.52. The highest BCUT2D eigenvalue weighted by Crippen LogP contribution is 2.13. The van der Waals surface area contributed by atoms with Gasteiger partial charge in [0.15, 0.2) is 0 Å². The molecule has 0 bridgehead atoms. The van der Waals surface area contributed by atoms with Gasteiger partial charge in [-0.15, -0.1) is 0 Å². The van der Waals surface area contributed by atoms with Gasteiger partial charge in [0.1, 0.15) is 11.6 Å². The van der Waals surface area contributed by atoms with Gasteiger partial charge in [0.25, 0.3) is 0 Å². The summed E-state index contributed by atoms with van der Waals surface area (Å²) < 4.78 is 53.7. The van der Waals surface area contributed by atoms with E-state index in [0.717, 1.165) is 0 Å². The maximum Gasteiger partial charge on any atom is 0.227 e. The number of nitrogens with one attached hydrogen (secondary N) is 1. The molecule has 10 heteroatoms. The van der Waals surface area contributed by atoms with E-state index < -0.39 is 27.6 Å². The molecule has 1 aliphatic rings. The summed E-state index contributed by atoms with van der Waals surface area (Å²) in [6.07, 6.45) is -0.247. The van der Waals surface area contributed by atoms with Gasteiger partial charge in [-0.1, -0.05) is 36.4 Å². The summed E-state index contributed by atoms with van der Waals surface area (Å²) in [7, 11) is -3.63. The predicted molar refractivity (Wildman–Crippen MR) is 115 cm³/mol. The molecule has 7 nitrogen and oxygen atoms in total. The summed E-state index contributed by atoms with van der Waals surface area (Å²) in [6.45, 7) is 0.601. The van der Waals surface area contributed by atoms with E-state index in [1.807, 2.05) is 0 Å². The molecule has 1 aliphatic heterocycles. The van der Waals surface area contributed by atoms with E-state index >= 15 is 0 Å². The first kappa shape index (κ1) is 23.8. The molecule has 172 valence electrons. The van der Waals surface area contributed by atoms with Gasteiger partial charge in [0, 0.05) is 32.7 Å². The van der Waals surface area contributed by atoms with Crippen molar-refractivity contribution in [2.75, 3.05) is 38.5 Å². The first-order chi connectivity index (χ1) is 15.3. The van der Waals surface area contributed by atoms with Crippen molar-refractivity contribution >= 4 is 21.8 Å². The molecule has 2 amide bonds. The van der Waals surface area contributed by atoms with Crippen molar-refractivity contribution in [1.82, 2.24) is 14.5 Å². The molecule has 0 aromatic heterocycles. The Bertz CT molecular complexity index is 1070. The standard InChI is InChI=1S/C22H25F2N3O4S/c23-19-7-3-1-5-17(19)15-21(28)25-9-14-32(30,31)27-12-10-26(11-13-27)22(29)16-18-6-2-4-8-20(18)24/h1-8H,9-16H2,(H,25,28). The van der Waals surface area contributed by atoms with Gasteiger partial charge >= 0.3 is 0 Å². The second-order valence-electron chi connectivity index (χ2n) is 7.48. The number of halogens is 2. The lowest BCUT2D eigenvalue weighted by atomic mass is 10.1. The fourth-order valence-electron chi connectivity index (χ4n) is 3.46. The van der Waals surface area contributed by atoms with Gasteiger partial charge in [-0.05, 0) is 23.3 Å². The molecule has 0 atom stereocenters. The summed E-state index contributed by atoms with van der Waals surface area (Å²) in [5, 5.41) is 2.50. The highest BCUT2D eigenvalue weighted by Gasteiger charge is 2.29. The summed E-state index contributed by atoms with van der Waals surface area (Å²) in [5.41, 5.74) is 0.544. The van der Waals surface area contributed by atoms with Crippen LogP contribution in [0.1, 0.15) is 11.1 Å². The van der Waals surface area contributed by atoms with Gasteiger partial charge in [-0.25, -0.2) is 17.2 Å². The third kappa shape index (κ3) is 6.33. The van der Waals surface area contributed by atoms with Crippen molar-refractivity contribution in [2.45, 2.75) is 12.8 Å². The first-order valence-corrected chi connectivity index (χ1v) is 11.9. The molecular weight excluding hydrogens is 440 g/mol. The number of nitrogens with zero attached hydrogens (tertiary/aromatic N) is 2. The van der Waals surface area contributed by atoms with Crippen LogP contribution in [0.2, 0.25) is 0 Å². The van der Waals surface area contributed by atoms with Gasteiger partial charge in [0.2, 0.25) is 21.8 Å². The molecule has 0 aliphatic carbocycles. The second-order valence-corrected chi connectivity index (χ2v) is 9.57. The summed E-state index contributed by atoms with van der Waals surface area (Å²) in [5.74, 6) is -1.95. The van der Waals surface area contributed by atoms with Crippen LogP contribution < -0.4 is 5.32 Å². The third-order valence-electron chi connectivity index (χ3n) is 5.28. The summed E-state index contributed by atoms with van der Waals surface area (Å²) in [4.78, 5) is 25.9. The number of benzene rings is 2. The summed E-state index contributed by atoms with van der Waals surface area (Å²) in [6, 6.07) is 12.0. The van der Waals surface area contributed by atoms with Crippen LogP contribution in [0, 0.1) is 11.6 Å². The van der Waals surface area contributed by atoms with E-state index in [2.05, 4.69) is 5.32 Å². The molecule has 0 saturated carbocycles. The Hall–Kier alpha value is -2.85. The Morgan fingerprint density at radius 1 is 0.844 bits per heavy atom. The highest BCUT2D eigenvalue weighted by atomic mass is 32.2. The number of carbonyl (C=O) groups is 2. The van der Waals surface area contributed by atoms with Crippen LogP contribution in [0.25, 0.3) is 0 Å². The van der Waals surface area contributed by atoms with Crippen LogP contribution in [-0.2, 0) is 32.5 Å². The molecule has 0 unspecified atom stereocenters. The van der Waals surface area contributed by atoms with Crippen LogP contribution >= 0.6 is 0 Å². The zero-order chi connectivity index (χ0) is 23.1. The van der Waals surface area contributed by atoms with E-state index in [9.17, 15) is 26.8 Å². The van der Waals surface area contributed by atoms with Crippen LogP contribution in [0.5, 0.6) is 0 Å². The minimum absolute atomic E-state index is 0.0759. The fourth-order valence-corrected chi connectivity index (χ4v) is 4.80. The lowest BCUT2D eigenvalue weighted by Gasteiger charge is -2.34. The van der Waals surface area contributed by atoms with Gasteiger partial charge in [-0.2, -0.15) is 4.31 Å². The monoisotopic (exact) mass is 465 g/mol. The van der Waals surface area contributed by atoms with Crippen LogP contribution in [0.15, 0.2) is 48.5 Å². The molecule has 1 heterocycles. The van der Waals surface area contributed by atoms with Gasteiger partial charge in [-0.3, -0.25) is 9.59 Å². The highest BCUT2D eigenvalue weighted by molar-refractivity contribution is 7.89. The number of hydrogen-bond donors (Lipinski definition) is 1. The van der Waals surface area contributed by atoms with E-state index in [-0.39, 0.29) is 62.8 Å². The summed E-state index contributed by atoms with van der Waals surface area (Å²) >= 11 is 0. The Morgan fingerprint density at radius 2 is 1.38 bits per heavy atom. The molecule has 0 radical (unpaired) electrons. The second kappa shape index (κ2) is 10.6. The zero-order valence-electron chi connectivity index (χ0n) is 17.5. The van der Waals surface area contributed by atoms with Crippen molar-refractivity contribution in [1.29, 1.82) is 0 Å². The smallest absolute Gasteiger partial charge is 0.227 e. The molecule has 0 spiro atoms.